The summed E-state index contributed by atoms with van der Waals surface area (Å²) in [6.45, 7) is 0. The molecule has 0 amide bonds. The summed E-state index contributed by atoms with van der Waals surface area (Å²) in [7, 11) is 0. The van der Waals surface area contributed by atoms with Gasteiger partial charge in [-0.05, 0) is 15.9 Å². The van der Waals surface area contributed by atoms with Crippen molar-refractivity contribution in [2.24, 2.45) is 0 Å². The molecule has 2 rings (SSSR count). The molecule has 0 bridgehead atoms. The lowest BCUT2D eigenvalue weighted by Crippen LogP contribution is -2.27. The minimum Gasteiger partial charge on any atom is -0.268 e. The number of hydrogen-bond acceptors (Lipinski definition) is 1. The van der Waals surface area contributed by atoms with Gasteiger partial charge < -0.3 is 0 Å². The van der Waals surface area contributed by atoms with Gasteiger partial charge in [0, 0.05) is 19.0 Å². The Morgan fingerprint density at radius 1 is 1.64 bits per heavy atom. The van der Waals surface area contributed by atoms with Gasteiger partial charge in [-0.25, -0.2) is 4.39 Å². The van der Waals surface area contributed by atoms with Crippen molar-refractivity contribution in [1.82, 2.24) is 9.78 Å². The lowest BCUT2D eigenvalue weighted by molar-refractivity contribution is 0.128. The average Bonchev–Trinajstić information content (AvgIpc) is 2.29. The van der Waals surface area contributed by atoms with Gasteiger partial charge in [0.05, 0.1) is 16.7 Å². The van der Waals surface area contributed by atoms with Crippen molar-refractivity contribution in [2.75, 3.05) is 0 Å². The van der Waals surface area contributed by atoms with Gasteiger partial charge in [0.2, 0.25) is 0 Å². The molecule has 0 unspecified atom stereocenters. The van der Waals surface area contributed by atoms with Crippen molar-refractivity contribution in [1.29, 1.82) is 0 Å². The quantitative estimate of drug-likeness (QED) is 0.708. The van der Waals surface area contributed by atoms with Crippen LogP contribution in [0.25, 0.3) is 0 Å². The third-order valence-corrected chi connectivity index (χ3v) is 2.41. The Morgan fingerprint density at radius 2 is 2.36 bits per heavy atom. The van der Waals surface area contributed by atoms with E-state index < -0.39 is 6.17 Å². The predicted octanol–water partition coefficient (Wildman–Crippen LogP) is 2.32. The van der Waals surface area contributed by atoms with Crippen LogP contribution in [-0.4, -0.2) is 16.0 Å². The van der Waals surface area contributed by atoms with E-state index in [4.69, 9.17) is 0 Å². The van der Waals surface area contributed by atoms with E-state index in [9.17, 15) is 4.39 Å². The number of hydrogen-bond donors (Lipinski definition) is 0. The van der Waals surface area contributed by atoms with E-state index in [0.717, 1.165) is 4.47 Å². The first-order valence-electron chi connectivity index (χ1n) is 3.59. The fourth-order valence-corrected chi connectivity index (χ4v) is 1.55. The number of nitrogens with zero attached hydrogens (tertiary/aromatic N) is 2. The van der Waals surface area contributed by atoms with Crippen molar-refractivity contribution in [3.63, 3.8) is 0 Å². The maximum absolute atomic E-state index is 12.4. The summed E-state index contributed by atoms with van der Waals surface area (Å²) < 4.78 is 15.2. The van der Waals surface area contributed by atoms with Crippen LogP contribution in [0.3, 0.4) is 0 Å². The molecule has 4 heteroatoms. The molecule has 0 spiro atoms. The molecule has 11 heavy (non-hydrogen) atoms. The molecule has 1 aliphatic rings. The van der Waals surface area contributed by atoms with Gasteiger partial charge in [-0.1, -0.05) is 0 Å². The van der Waals surface area contributed by atoms with E-state index in [1.165, 1.54) is 0 Å². The van der Waals surface area contributed by atoms with Gasteiger partial charge in [-0.3, -0.25) is 4.68 Å². The molecule has 1 aromatic rings. The maximum Gasteiger partial charge on any atom is 0.104 e. The third kappa shape index (κ3) is 1.31. The first-order chi connectivity index (χ1) is 5.25. The molecule has 1 fully saturated rings. The summed E-state index contributed by atoms with van der Waals surface area (Å²) in [6, 6.07) is 0.288. The summed E-state index contributed by atoms with van der Waals surface area (Å²) in [5, 5.41) is 4.08. The average molecular weight is 219 g/mol. The largest absolute Gasteiger partial charge is 0.268 e. The standard InChI is InChI=1S/C7H8BrFN2/c8-5-3-10-11(4-5)7-1-6(9)2-7/h3-4,6-7H,1-2H2/t6-,7-. The Labute approximate surface area is 72.5 Å². The second-order valence-electron chi connectivity index (χ2n) is 2.86. The van der Waals surface area contributed by atoms with Crippen molar-refractivity contribution in [2.45, 2.75) is 25.1 Å². The second-order valence-corrected chi connectivity index (χ2v) is 3.78. The summed E-state index contributed by atoms with van der Waals surface area (Å²) in [4.78, 5) is 0. The smallest absolute Gasteiger partial charge is 0.104 e. The molecule has 0 radical (unpaired) electrons. The number of rotatable bonds is 1. The zero-order valence-electron chi connectivity index (χ0n) is 5.87. The molecule has 1 heterocycles. The third-order valence-electron chi connectivity index (χ3n) is 2.00. The van der Waals surface area contributed by atoms with Gasteiger partial charge >= 0.3 is 0 Å². The molecular weight excluding hydrogens is 211 g/mol. The van der Waals surface area contributed by atoms with Gasteiger partial charge in [0.15, 0.2) is 0 Å². The predicted molar refractivity (Wildman–Crippen MR) is 43.1 cm³/mol. The normalized spacial score (nSPS) is 30.0. The highest BCUT2D eigenvalue weighted by Crippen LogP contribution is 2.34. The summed E-state index contributed by atoms with van der Waals surface area (Å²) in [6.07, 6.45) is 4.24. The highest BCUT2D eigenvalue weighted by Gasteiger charge is 2.30. The molecule has 0 N–H and O–H groups in total. The van der Waals surface area contributed by atoms with E-state index in [1.54, 1.807) is 6.20 Å². The molecule has 1 aliphatic carbocycles. The fraction of sp³-hybridized carbons (Fsp3) is 0.571. The first-order valence-corrected chi connectivity index (χ1v) is 4.39. The second kappa shape index (κ2) is 2.59. The molecule has 0 saturated heterocycles. The Balaban J connectivity index is 2.07. The van der Waals surface area contributed by atoms with Crippen molar-refractivity contribution < 1.29 is 4.39 Å². The fourth-order valence-electron chi connectivity index (χ4n) is 1.25. The SMILES string of the molecule is F[C@H]1C[C@H](n2cc(Br)cn2)C1. The van der Waals surface area contributed by atoms with Gasteiger partial charge in [-0.2, -0.15) is 5.10 Å². The molecule has 1 aromatic heterocycles. The van der Waals surface area contributed by atoms with Crippen molar-refractivity contribution >= 4 is 15.9 Å². The molecule has 0 atom stereocenters. The number of aromatic nitrogens is 2. The van der Waals surface area contributed by atoms with Crippen LogP contribution in [0, 0.1) is 0 Å². The molecule has 0 aliphatic heterocycles. The van der Waals surface area contributed by atoms with E-state index >= 15 is 0 Å². The van der Waals surface area contributed by atoms with Crippen LogP contribution in [-0.2, 0) is 0 Å². The molecular formula is C7H8BrFN2. The van der Waals surface area contributed by atoms with E-state index in [0.29, 0.717) is 12.8 Å². The molecule has 2 nitrogen and oxygen atoms in total. The number of alkyl halides is 1. The summed E-state index contributed by atoms with van der Waals surface area (Å²) in [5.41, 5.74) is 0. The van der Waals surface area contributed by atoms with Crippen LogP contribution >= 0.6 is 15.9 Å². The van der Waals surface area contributed by atoms with Gasteiger partial charge in [0.25, 0.3) is 0 Å². The lowest BCUT2D eigenvalue weighted by Gasteiger charge is -2.29. The molecule has 0 aromatic carbocycles. The zero-order valence-corrected chi connectivity index (χ0v) is 7.46. The Morgan fingerprint density at radius 3 is 2.82 bits per heavy atom. The highest BCUT2D eigenvalue weighted by atomic mass is 79.9. The maximum atomic E-state index is 12.4. The molecule has 60 valence electrons. The van der Waals surface area contributed by atoms with Crippen molar-refractivity contribution in [3.05, 3.63) is 16.9 Å². The Kier molecular flexibility index (Phi) is 1.71. The van der Waals surface area contributed by atoms with Gasteiger partial charge in [-0.15, -0.1) is 0 Å². The monoisotopic (exact) mass is 218 g/mol. The van der Waals surface area contributed by atoms with Crippen LogP contribution in [0.15, 0.2) is 16.9 Å². The first kappa shape index (κ1) is 7.28. The van der Waals surface area contributed by atoms with Crippen LogP contribution < -0.4 is 0 Å². The van der Waals surface area contributed by atoms with Crippen LogP contribution in [0.4, 0.5) is 4.39 Å². The topological polar surface area (TPSA) is 17.8 Å². The van der Waals surface area contributed by atoms with Crippen LogP contribution in [0.5, 0.6) is 0 Å². The Bertz CT molecular complexity index is 255. The molecule has 1 saturated carbocycles. The minimum atomic E-state index is -0.608. The van der Waals surface area contributed by atoms with Crippen LogP contribution in [0.2, 0.25) is 0 Å². The van der Waals surface area contributed by atoms with E-state index in [2.05, 4.69) is 21.0 Å². The number of halogens is 2. The van der Waals surface area contributed by atoms with Crippen molar-refractivity contribution in [3.8, 4) is 0 Å². The summed E-state index contributed by atoms with van der Waals surface area (Å²) in [5.74, 6) is 0. The summed E-state index contributed by atoms with van der Waals surface area (Å²) >= 11 is 3.29. The van der Waals surface area contributed by atoms with E-state index in [1.807, 2.05) is 10.9 Å². The zero-order chi connectivity index (χ0) is 7.84. The van der Waals surface area contributed by atoms with E-state index in [-0.39, 0.29) is 6.04 Å². The minimum absolute atomic E-state index is 0.288. The highest BCUT2D eigenvalue weighted by molar-refractivity contribution is 9.10. The Hall–Kier alpha value is -0.380. The lowest BCUT2D eigenvalue weighted by atomic mass is 9.91. The van der Waals surface area contributed by atoms with Gasteiger partial charge in [0.1, 0.15) is 6.17 Å². The van der Waals surface area contributed by atoms with Crippen LogP contribution in [0.1, 0.15) is 18.9 Å².